The highest BCUT2D eigenvalue weighted by atomic mass is 28.4. The molecule has 0 saturated heterocycles. The Balaban J connectivity index is 4.63. The summed E-state index contributed by atoms with van der Waals surface area (Å²) in [4.78, 5) is 12.6. The van der Waals surface area contributed by atoms with Crippen LogP contribution < -0.4 is 0 Å². The molecule has 5 heteroatoms. The van der Waals surface area contributed by atoms with Gasteiger partial charge in [0.25, 0.3) is 0 Å². The molecule has 1 unspecified atom stereocenters. The number of carbonyl (C=O) groups is 1. The van der Waals surface area contributed by atoms with Gasteiger partial charge in [-0.05, 0) is 32.0 Å². The summed E-state index contributed by atoms with van der Waals surface area (Å²) in [7, 11) is -1.83. The summed E-state index contributed by atoms with van der Waals surface area (Å²) in [5, 5.41) is 9.36. The van der Waals surface area contributed by atoms with E-state index in [4.69, 9.17) is 4.43 Å². The van der Waals surface area contributed by atoms with Gasteiger partial charge in [0.1, 0.15) is 0 Å². The lowest BCUT2D eigenvalue weighted by atomic mass is 10.2. The van der Waals surface area contributed by atoms with Crippen LogP contribution in [0.15, 0.2) is 12.2 Å². The van der Waals surface area contributed by atoms with E-state index in [2.05, 4.69) is 40.4 Å². The quantitative estimate of drug-likeness (QED) is 0.594. The van der Waals surface area contributed by atoms with Crippen LogP contribution in [0.25, 0.3) is 0 Å². The Hall–Kier alpha value is -0.813. The van der Waals surface area contributed by atoms with Gasteiger partial charge in [-0.25, -0.2) is 4.79 Å². The van der Waals surface area contributed by atoms with Crippen molar-refractivity contribution in [2.75, 3.05) is 13.2 Å². The maximum Gasteiger partial charge on any atom is 0.407 e. The average molecular weight is 287 g/mol. The van der Waals surface area contributed by atoms with Crippen LogP contribution >= 0.6 is 0 Å². The molecule has 0 fully saturated rings. The van der Waals surface area contributed by atoms with E-state index in [-0.39, 0.29) is 11.1 Å². The van der Waals surface area contributed by atoms with Crippen molar-refractivity contribution in [2.24, 2.45) is 0 Å². The first-order valence-corrected chi connectivity index (χ1v) is 9.57. The lowest BCUT2D eigenvalue weighted by molar-refractivity contribution is 0.111. The van der Waals surface area contributed by atoms with E-state index in [0.717, 1.165) is 5.57 Å². The van der Waals surface area contributed by atoms with Crippen molar-refractivity contribution in [1.82, 2.24) is 4.90 Å². The van der Waals surface area contributed by atoms with Crippen LogP contribution in [0.1, 0.15) is 34.6 Å². The highest BCUT2D eigenvalue weighted by Crippen LogP contribution is 2.36. The second kappa shape index (κ2) is 6.57. The zero-order chi connectivity index (χ0) is 15.4. The van der Waals surface area contributed by atoms with Crippen LogP contribution in [0.2, 0.25) is 18.1 Å². The third kappa shape index (κ3) is 5.78. The van der Waals surface area contributed by atoms with Gasteiger partial charge in [0.2, 0.25) is 0 Å². The standard InChI is InChI=1S/C14H29NO3Si/c1-11(2)9-15(13(16)17)12(3)10-18-19(7,8)14(4,5)6/h12H,1,9-10H2,2-8H3,(H,16,17). The van der Waals surface area contributed by atoms with Crippen molar-refractivity contribution in [1.29, 1.82) is 0 Å². The number of hydrogen-bond acceptors (Lipinski definition) is 2. The first-order valence-electron chi connectivity index (χ1n) is 6.66. The fourth-order valence-electron chi connectivity index (χ4n) is 1.34. The van der Waals surface area contributed by atoms with Crippen molar-refractivity contribution < 1.29 is 14.3 Å². The molecule has 0 heterocycles. The lowest BCUT2D eigenvalue weighted by Crippen LogP contribution is -2.47. The highest BCUT2D eigenvalue weighted by molar-refractivity contribution is 6.74. The summed E-state index contributed by atoms with van der Waals surface area (Å²) in [6, 6.07) is -0.164. The molecule has 0 spiro atoms. The van der Waals surface area contributed by atoms with E-state index in [1.54, 1.807) is 0 Å². The molecule has 1 amide bonds. The van der Waals surface area contributed by atoms with Crippen molar-refractivity contribution in [2.45, 2.75) is 58.8 Å². The predicted octanol–water partition coefficient (Wildman–Crippen LogP) is 3.95. The van der Waals surface area contributed by atoms with Crippen LogP contribution in [0.3, 0.4) is 0 Å². The second-order valence-electron chi connectivity index (χ2n) is 6.79. The molecule has 0 aromatic carbocycles. The first-order chi connectivity index (χ1) is 8.38. The Labute approximate surface area is 118 Å². The third-order valence-electron chi connectivity index (χ3n) is 3.71. The molecule has 0 aromatic rings. The van der Waals surface area contributed by atoms with E-state index in [9.17, 15) is 9.90 Å². The molecule has 1 atom stereocenters. The maximum atomic E-state index is 11.2. The van der Waals surface area contributed by atoms with Gasteiger partial charge in [0.05, 0.1) is 12.6 Å². The maximum absolute atomic E-state index is 11.2. The van der Waals surface area contributed by atoms with Gasteiger partial charge in [-0.15, -0.1) is 0 Å². The number of amides is 1. The predicted molar refractivity (Wildman–Crippen MR) is 82.2 cm³/mol. The number of rotatable bonds is 6. The summed E-state index contributed by atoms with van der Waals surface area (Å²) < 4.78 is 6.07. The molecule has 0 aliphatic rings. The van der Waals surface area contributed by atoms with E-state index in [0.29, 0.717) is 13.2 Å². The summed E-state index contributed by atoms with van der Waals surface area (Å²) in [5.74, 6) is 0. The van der Waals surface area contributed by atoms with Gasteiger partial charge in [-0.2, -0.15) is 0 Å². The van der Waals surface area contributed by atoms with Gasteiger partial charge < -0.3 is 9.53 Å². The fourth-order valence-corrected chi connectivity index (χ4v) is 2.43. The molecule has 4 nitrogen and oxygen atoms in total. The third-order valence-corrected chi connectivity index (χ3v) is 8.21. The Morgan fingerprint density at radius 3 is 2.21 bits per heavy atom. The van der Waals surface area contributed by atoms with Crippen molar-refractivity contribution in [3.63, 3.8) is 0 Å². The molecule has 0 radical (unpaired) electrons. The second-order valence-corrected chi connectivity index (χ2v) is 11.6. The largest absolute Gasteiger partial charge is 0.465 e. The van der Waals surface area contributed by atoms with E-state index in [1.807, 2.05) is 13.8 Å². The van der Waals surface area contributed by atoms with Crippen molar-refractivity contribution in [3.05, 3.63) is 12.2 Å². The topological polar surface area (TPSA) is 49.8 Å². The Bertz CT molecular complexity index is 334. The van der Waals surface area contributed by atoms with E-state index < -0.39 is 14.4 Å². The van der Waals surface area contributed by atoms with E-state index in [1.165, 1.54) is 4.90 Å². The van der Waals surface area contributed by atoms with Crippen LogP contribution in [0.4, 0.5) is 4.79 Å². The molecular formula is C14H29NO3Si. The lowest BCUT2D eigenvalue weighted by Gasteiger charge is -2.38. The minimum absolute atomic E-state index is 0.134. The normalized spacial score (nSPS) is 14.1. The average Bonchev–Trinajstić information content (AvgIpc) is 2.20. The molecular weight excluding hydrogens is 258 g/mol. The molecule has 0 rings (SSSR count). The summed E-state index contributed by atoms with van der Waals surface area (Å²) in [6.45, 7) is 19.1. The van der Waals surface area contributed by atoms with Crippen LogP contribution in [0.5, 0.6) is 0 Å². The SMILES string of the molecule is C=C(C)CN(C(=O)O)C(C)CO[Si](C)(C)C(C)(C)C. The zero-order valence-electron chi connectivity index (χ0n) is 13.4. The molecule has 1 N–H and O–H groups in total. The Morgan fingerprint density at radius 2 is 1.89 bits per heavy atom. The van der Waals surface area contributed by atoms with Crippen LogP contribution in [0, 0.1) is 0 Å². The van der Waals surface area contributed by atoms with Crippen LogP contribution in [-0.2, 0) is 4.43 Å². The van der Waals surface area contributed by atoms with Crippen molar-refractivity contribution in [3.8, 4) is 0 Å². The summed E-state index contributed by atoms with van der Waals surface area (Å²) in [5.41, 5.74) is 0.835. The molecule has 0 aliphatic carbocycles. The molecule has 0 aromatic heterocycles. The Morgan fingerprint density at radius 1 is 1.42 bits per heavy atom. The minimum Gasteiger partial charge on any atom is -0.465 e. The van der Waals surface area contributed by atoms with Gasteiger partial charge >= 0.3 is 6.09 Å². The van der Waals surface area contributed by atoms with Gasteiger partial charge in [0, 0.05) is 6.54 Å². The summed E-state index contributed by atoms with van der Waals surface area (Å²) in [6.07, 6.45) is -0.922. The first kappa shape index (κ1) is 18.2. The van der Waals surface area contributed by atoms with Gasteiger partial charge in [-0.1, -0.05) is 32.9 Å². The zero-order valence-corrected chi connectivity index (χ0v) is 14.4. The highest BCUT2D eigenvalue weighted by Gasteiger charge is 2.37. The monoisotopic (exact) mass is 287 g/mol. The molecule has 112 valence electrons. The fraction of sp³-hybridized carbons (Fsp3) is 0.786. The summed E-state index contributed by atoms with van der Waals surface area (Å²) >= 11 is 0. The van der Waals surface area contributed by atoms with E-state index >= 15 is 0 Å². The molecule has 0 bridgehead atoms. The van der Waals surface area contributed by atoms with Gasteiger partial charge in [-0.3, -0.25) is 4.90 Å². The van der Waals surface area contributed by atoms with Crippen molar-refractivity contribution >= 4 is 14.4 Å². The number of hydrogen-bond donors (Lipinski definition) is 1. The molecule has 0 saturated carbocycles. The minimum atomic E-state index is -1.83. The molecule has 19 heavy (non-hydrogen) atoms. The smallest absolute Gasteiger partial charge is 0.407 e. The number of carboxylic acid groups (broad SMARTS) is 1. The Kier molecular flexibility index (Phi) is 6.29. The van der Waals surface area contributed by atoms with Crippen LogP contribution in [-0.4, -0.2) is 43.6 Å². The number of nitrogens with zero attached hydrogens (tertiary/aromatic N) is 1. The molecule has 0 aliphatic heterocycles. The van der Waals surface area contributed by atoms with Gasteiger partial charge in [0.15, 0.2) is 8.32 Å².